The van der Waals surface area contributed by atoms with E-state index in [2.05, 4.69) is 0 Å². The van der Waals surface area contributed by atoms with Crippen molar-refractivity contribution >= 4 is 11.9 Å². The molecule has 0 unspecified atom stereocenters. The lowest BCUT2D eigenvalue weighted by molar-refractivity contribution is -0.138. The second kappa shape index (κ2) is 10.1. The van der Waals surface area contributed by atoms with Crippen molar-refractivity contribution < 1.29 is 28.5 Å². The van der Waals surface area contributed by atoms with Crippen LogP contribution < -0.4 is 18.9 Å². The first-order valence-corrected chi connectivity index (χ1v) is 9.39. The molecule has 0 heterocycles. The second-order valence-corrected chi connectivity index (χ2v) is 6.60. The van der Waals surface area contributed by atoms with Crippen LogP contribution in [0.2, 0.25) is 0 Å². The van der Waals surface area contributed by atoms with Crippen molar-refractivity contribution in [2.75, 3.05) is 13.2 Å². The summed E-state index contributed by atoms with van der Waals surface area (Å²) in [7, 11) is 0. The number of carbonyl (C=O) groups is 2. The molecule has 0 aliphatic heterocycles. The first-order valence-electron chi connectivity index (χ1n) is 9.39. The molecule has 0 N–H and O–H groups in total. The average Bonchev–Trinajstić information content (AvgIpc) is 2.74. The number of carbonyl (C=O) groups excluding carboxylic acids is 2. The van der Waals surface area contributed by atoms with E-state index < -0.39 is 11.9 Å². The number of hydrogen-bond acceptors (Lipinski definition) is 6. The van der Waals surface area contributed by atoms with Crippen LogP contribution in [-0.2, 0) is 9.59 Å². The van der Waals surface area contributed by atoms with Crippen LogP contribution in [0.4, 0.5) is 0 Å². The Labute approximate surface area is 175 Å². The maximum atomic E-state index is 12.0. The van der Waals surface area contributed by atoms with Crippen LogP contribution in [-0.4, -0.2) is 25.2 Å². The normalized spacial score (nSPS) is 10.2. The van der Waals surface area contributed by atoms with Gasteiger partial charge in [-0.2, -0.15) is 0 Å². The molecule has 3 rings (SSSR count). The summed E-state index contributed by atoms with van der Waals surface area (Å²) in [5.74, 6) is 0.429. The predicted octanol–water partition coefficient (Wildman–Crippen LogP) is 4.27. The summed E-state index contributed by atoms with van der Waals surface area (Å²) in [5.41, 5.74) is 2.14. The Morgan fingerprint density at radius 2 is 0.967 bits per heavy atom. The summed E-state index contributed by atoms with van der Waals surface area (Å²) >= 11 is 0. The van der Waals surface area contributed by atoms with Gasteiger partial charge in [-0.25, -0.2) is 9.59 Å². The number of rotatable bonds is 8. The third kappa shape index (κ3) is 6.38. The van der Waals surface area contributed by atoms with Gasteiger partial charge in [-0.1, -0.05) is 47.5 Å². The minimum Gasteiger partial charge on any atom is -0.478 e. The van der Waals surface area contributed by atoms with E-state index in [-0.39, 0.29) is 13.2 Å². The molecule has 6 heteroatoms. The van der Waals surface area contributed by atoms with E-state index in [0.717, 1.165) is 11.1 Å². The molecule has 0 aromatic heterocycles. The molecule has 0 spiro atoms. The van der Waals surface area contributed by atoms with Crippen LogP contribution in [0.1, 0.15) is 11.1 Å². The first kappa shape index (κ1) is 20.9. The van der Waals surface area contributed by atoms with Gasteiger partial charge in [0.2, 0.25) is 0 Å². The Morgan fingerprint density at radius 1 is 0.600 bits per heavy atom. The third-order valence-electron chi connectivity index (χ3n) is 4.05. The van der Waals surface area contributed by atoms with Gasteiger partial charge in [0.1, 0.15) is 11.5 Å². The quantitative estimate of drug-likeness (QED) is 0.411. The SMILES string of the molecule is Cc1ccc(OC(=O)COc2ccccc2OCC(=O)Oc2ccc(C)cc2)cc1. The van der Waals surface area contributed by atoms with Gasteiger partial charge in [-0.05, 0) is 50.2 Å². The molecule has 0 aliphatic carbocycles. The standard InChI is InChI=1S/C24H22O6/c1-17-7-11-19(12-8-17)29-23(25)15-27-21-5-3-4-6-22(21)28-16-24(26)30-20-13-9-18(2)10-14-20/h3-14H,15-16H2,1-2H3. The summed E-state index contributed by atoms with van der Waals surface area (Å²) in [4.78, 5) is 24.0. The number of esters is 2. The van der Waals surface area contributed by atoms with Crippen LogP contribution in [0.25, 0.3) is 0 Å². The van der Waals surface area contributed by atoms with Gasteiger partial charge in [0, 0.05) is 0 Å². The molecular weight excluding hydrogens is 384 g/mol. The molecule has 0 fully saturated rings. The van der Waals surface area contributed by atoms with Gasteiger partial charge in [-0.3, -0.25) is 0 Å². The number of ether oxygens (including phenoxy) is 4. The fraction of sp³-hybridized carbons (Fsp3) is 0.167. The van der Waals surface area contributed by atoms with Crippen molar-refractivity contribution in [1.82, 2.24) is 0 Å². The van der Waals surface area contributed by atoms with Crippen molar-refractivity contribution in [1.29, 1.82) is 0 Å². The molecule has 0 saturated heterocycles. The fourth-order valence-electron chi connectivity index (χ4n) is 2.50. The molecule has 0 saturated carbocycles. The van der Waals surface area contributed by atoms with Crippen molar-refractivity contribution in [3.63, 3.8) is 0 Å². The largest absolute Gasteiger partial charge is 0.478 e. The van der Waals surface area contributed by atoms with Crippen molar-refractivity contribution in [2.45, 2.75) is 13.8 Å². The molecule has 154 valence electrons. The number of para-hydroxylation sites is 2. The maximum absolute atomic E-state index is 12.0. The first-order chi connectivity index (χ1) is 14.5. The lowest BCUT2D eigenvalue weighted by atomic mass is 10.2. The van der Waals surface area contributed by atoms with E-state index in [1.165, 1.54) is 0 Å². The predicted molar refractivity (Wildman–Crippen MR) is 111 cm³/mol. The Kier molecular flexibility index (Phi) is 7.05. The highest BCUT2D eigenvalue weighted by Gasteiger charge is 2.12. The molecule has 0 atom stereocenters. The van der Waals surface area contributed by atoms with Crippen LogP contribution in [0.15, 0.2) is 72.8 Å². The van der Waals surface area contributed by atoms with Gasteiger partial charge < -0.3 is 18.9 Å². The van der Waals surface area contributed by atoms with Gasteiger partial charge >= 0.3 is 11.9 Å². The minimum atomic E-state index is -0.549. The Morgan fingerprint density at radius 3 is 1.33 bits per heavy atom. The monoisotopic (exact) mass is 406 g/mol. The number of hydrogen-bond donors (Lipinski definition) is 0. The average molecular weight is 406 g/mol. The van der Waals surface area contributed by atoms with E-state index in [0.29, 0.717) is 23.0 Å². The smallest absolute Gasteiger partial charge is 0.349 e. The molecular formula is C24H22O6. The Bertz CT molecular complexity index is 910. The van der Waals surface area contributed by atoms with Crippen LogP contribution in [0, 0.1) is 13.8 Å². The van der Waals surface area contributed by atoms with Crippen molar-refractivity contribution in [2.24, 2.45) is 0 Å². The second-order valence-electron chi connectivity index (χ2n) is 6.60. The minimum absolute atomic E-state index is 0.304. The summed E-state index contributed by atoms with van der Waals surface area (Å²) < 4.78 is 21.5. The molecule has 30 heavy (non-hydrogen) atoms. The summed E-state index contributed by atoms with van der Waals surface area (Å²) in [5, 5.41) is 0. The zero-order valence-corrected chi connectivity index (χ0v) is 16.8. The van der Waals surface area contributed by atoms with E-state index >= 15 is 0 Å². The van der Waals surface area contributed by atoms with E-state index in [1.807, 2.05) is 38.1 Å². The molecule has 3 aromatic rings. The highest BCUT2D eigenvalue weighted by Crippen LogP contribution is 2.26. The van der Waals surface area contributed by atoms with Crippen molar-refractivity contribution in [3.05, 3.63) is 83.9 Å². The Balaban J connectivity index is 1.51. The van der Waals surface area contributed by atoms with Gasteiger partial charge in [0.25, 0.3) is 0 Å². The van der Waals surface area contributed by atoms with Crippen LogP contribution >= 0.6 is 0 Å². The molecule has 0 radical (unpaired) electrons. The van der Waals surface area contributed by atoms with E-state index in [4.69, 9.17) is 18.9 Å². The van der Waals surface area contributed by atoms with Crippen LogP contribution in [0.5, 0.6) is 23.0 Å². The molecule has 0 aliphatic rings. The third-order valence-corrected chi connectivity index (χ3v) is 4.05. The molecule has 6 nitrogen and oxygen atoms in total. The summed E-state index contributed by atoms with van der Waals surface area (Å²) in [6.45, 7) is 3.29. The zero-order valence-electron chi connectivity index (χ0n) is 16.8. The lowest BCUT2D eigenvalue weighted by Crippen LogP contribution is -2.19. The van der Waals surface area contributed by atoms with E-state index in [9.17, 15) is 9.59 Å². The summed E-state index contributed by atoms with van der Waals surface area (Å²) in [6.07, 6.45) is 0. The molecule has 3 aromatic carbocycles. The highest BCUT2D eigenvalue weighted by molar-refractivity contribution is 5.75. The van der Waals surface area contributed by atoms with Gasteiger partial charge in [0.05, 0.1) is 0 Å². The molecule has 0 amide bonds. The number of aryl methyl sites for hydroxylation is 2. The lowest BCUT2D eigenvalue weighted by Gasteiger charge is -2.12. The Hall–Kier alpha value is -3.80. The fourth-order valence-corrected chi connectivity index (χ4v) is 2.50. The van der Waals surface area contributed by atoms with Crippen LogP contribution in [0.3, 0.4) is 0 Å². The topological polar surface area (TPSA) is 71.1 Å². The summed E-state index contributed by atoms with van der Waals surface area (Å²) in [6, 6.07) is 21.0. The van der Waals surface area contributed by atoms with Gasteiger partial charge in [0.15, 0.2) is 24.7 Å². The highest BCUT2D eigenvalue weighted by atomic mass is 16.6. The van der Waals surface area contributed by atoms with Crippen molar-refractivity contribution in [3.8, 4) is 23.0 Å². The maximum Gasteiger partial charge on any atom is 0.349 e. The van der Waals surface area contributed by atoms with Gasteiger partial charge in [-0.15, -0.1) is 0 Å². The molecule has 0 bridgehead atoms. The number of benzene rings is 3. The van der Waals surface area contributed by atoms with E-state index in [1.54, 1.807) is 48.5 Å². The zero-order chi connectivity index (χ0) is 21.3.